The van der Waals surface area contributed by atoms with Crippen LogP contribution >= 0.6 is 11.8 Å². The summed E-state index contributed by atoms with van der Waals surface area (Å²) in [5, 5.41) is 14.3. The summed E-state index contributed by atoms with van der Waals surface area (Å²) in [6.45, 7) is 3.04. The molecular weight excluding hydrogens is 244 g/mol. The molecule has 1 aromatic heterocycles. The average Bonchev–Trinajstić information content (AvgIpc) is 2.82. The molecule has 2 unspecified atom stereocenters. The number of nitrogens with zero attached hydrogens (tertiary/aromatic N) is 3. The minimum Gasteiger partial charge on any atom is -0.299 e. The topological polar surface area (TPSA) is 61.6 Å². The first-order valence-electron chi connectivity index (χ1n) is 6.37. The first-order chi connectivity index (χ1) is 8.78. The van der Waals surface area contributed by atoms with Gasteiger partial charge in [0.05, 0.1) is 11.1 Å². The van der Waals surface area contributed by atoms with E-state index >= 15 is 0 Å². The molecule has 1 aromatic rings. The fourth-order valence-electron chi connectivity index (χ4n) is 2.29. The van der Waals surface area contributed by atoms with Crippen LogP contribution in [0.15, 0.2) is 23.6 Å². The Morgan fingerprint density at radius 2 is 2.56 bits per heavy atom. The molecule has 0 aliphatic heterocycles. The van der Waals surface area contributed by atoms with Gasteiger partial charge in [0.2, 0.25) is 0 Å². The Balaban J connectivity index is 1.93. The van der Waals surface area contributed by atoms with Gasteiger partial charge in [0, 0.05) is 11.4 Å². The van der Waals surface area contributed by atoms with Crippen LogP contribution in [0, 0.1) is 11.3 Å². The Labute approximate surface area is 112 Å². The second kappa shape index (κ2) is 6.17. The fourth-order valence-corrected chi connectivity index (χ4v) is 3.48. The molecule has 18 heavy (non-hydrogen) atoms. The van der Waals surface area contributed by atoms with Crippen molar-refractivity contribution in [1.29, 1.82) is 5.26 Å². The molecule has 4 nitrogen and oxygen atoms in total. The van der Waals surface area contributed by atoms with Crippen LogP contribution in [-0.4, -0.2) is 27.3 Å². The maximum atomic E-state index is 9.38. The third kappa shape index (κ3) is 3.21. The van der Waals surface area contributed by atoms with E-state index in [1.807, 2.05) is 6.07 Å². The van der Waals surface area contributed by atoms with Crippen molar-refractivity contribution in [2.24, 2.45) is 0 Å². The zero-order valence-electron chi connectivity index (χ0n) is 10.6. The van der Waals surface area contributed by atoms with Crippen LogP contribution in [0.3, 0.4) is 0 Å². The van der Waals surface area contributed by atoms with E-state index < -0.39 is 0 Å². The molecular formula is C13H18N4S. The predicted molar refractivity (Wildman–Crippen MR) is 72.2 cm³/mol. The van der Waals surface area contributed by atoms with Crippen molar-refractivity contribution in [3.8, 4) is 6.07 Å². The van der Waals surface area contributed by atoms with E-state index in [9.17, 15) is 5.26 Å². The van der Waals surface area contributed by atoms with E-state index in [0.717, 1.165) is 37.3 Å². The van der Waals surface area contributed by atoms with Crippen molar-refractivity contribution in [1.82, 2.24) is 15.3 Å². The van der Waals surface area contributed by atoms with E-state index in [1.165, 1.54) is 0 Å². The van der Waals surface area contributed by atoms with Crippen LogP contribution in [0.4, 0.5) is 0 Å². The zero-order valence-corrected chi connectivity index (χ0v) is 11.4. The molecule has 1 heterocycles. The lowest BCUT2D eigenvalue weighted by molar-refractivity contribution is 0.424. The Morgan fingerprint density at radius 1 is 1.67 bits per heavy atom. The monoisotopic (exact) mass is 262 g/mol. The van der Waals surface area contributed by atoms with Crippen LogP contribution in [0.2, 0.25) is 0 Å². The number of nitriles is 1. The van der Waals surface area contributed by atoms with E-state index in [1.54, 1.807) is 24.3 Å². The summed E-state index contributed by atoms with van der Waals surface area (Å²) in [5.74, 6) is 0. The van der Waals surface area contributed by atoms with Crippen molar-refractivity contribution in [3.63, 3.8) is 0 Å². The van der Waals surface area contributed by atoms with E-state index in [4.69, 9.17) is 0 Å². The summed E-state index contributed by atoms with van der Waals surface area (Å²) in [7, 11) is 0. The van der Waals surface area contributed by atoms with E-state index in [-0.39, 0.29) is 5.54 Å². The van der Waals surface area contributed by atoms with Gasteiger partial charge in [0.15, 0.2) is 0 Å². The highest BCUT2D eigenvalue weighted by atomic mass is 32.2. The summed E-state index contributed by atoms with van der Waals surface area (Å²) in [4.78, 5) is 8.14. The lowest BCUT2D eigenvalue weighted by atomic mass is 10.00. The quantitative estimate of drug-likeness (QED) is 0.826. The first-order valence-corrected chi connectivity index (χ1v) is 7.25. The molecule has 1 fully saturated rings. The van der Waals surface area contributed by atoms with Crippen molar-refractivity contribution in [3.05, 3.63) is 18.6 Å². The fraction of sp³-hybridized carbons (Fsp3) is 0.615. The minimum absolute atomic E-state index is 0.319. The first kappa shape index (κ1) is 13.3. The third-order valence-electron chi connectivity index (χ3n) is 3.24. The van der Waals surface area contributed by atoms with Gasteiger partial charge in [-0.2, -0.15) is 5.26 Å². The zero-order chi connectivity index (χ0) is 12.8. The van der Waals surface area contributed by atoms with Gasteiger partial charge >= 0.3 is 0 Å². The third-order valence-corrected chi connectivity index (χ3v) is 4.46. The second-order valence-electron chi connectivity index (χ2n) is 4.65. The maximum absolute atomic E-state index is 9.38. The molecule has 5 heteroatoms. The smallest absolute Gasteiger partial charge is 0.116 e. The molecule has 1 N–H and O–H groups in total. The molecule has 1 aliphatic rings. The molecule has 0 saturated heterocycles. The molecule has 0 amide bonds. The summed E-state index contributed by atoms with van der Waals surface area (Å²) in [6.07, 6.45) is 7.30. The summed E-state index contributed by atoms with van der Waals surface area (Å²) in [5.41, 5.74) is -0.319. The molecule has 96 valence electrons. The Hall–Kier alpha value is -1.12. The van der Waals surface area contributed by atoms with Crippen LogP contribution in [0.5, 0.6) is 0 Å². The van der Waals surface area contributed by atoms with Crippen molar-refractivity contribution in [2.75, 3.05) is 6.54 Å². The minimum atomic E-state index is -0.319. The predicted octanol–water partition coefficient (Wildman–Crippen LogP) is 2.38. The number of hydrogen-bond donors (Lipinski definition) is 1. The summed E-state index contributed by atoms with van der Waals surface area (Å²) in [6, 6.07) is 4.40. The highest BCUT2D eigenvalue weighted by molar-refractivity contribution is 7.99. The summed E-state index contributed by atoms with van der Waals surface area (Å²) < 4.78 is 0. The van der Waals surface area contributed by atoms with Crippen molar-refractivity contribution in [2.45, 2.75) is 48.4 Å². The highest BCUT2D eigenvalue weighted by Crippen LogP contribution is 2.39. The van der Waals surface area contributed by atoms with Crippen LogP contribution < -0.4 is 5.32 Å². The summed E-state index contributed by atoms with van der Waals surface area (Å²) >= 11 is 1.76. The second-order valence-corrected chi connectivity index (χ2v) is 5.97. The van der Waals surface area contributed by atoms with Gasteiger partial charge in [-0.1, -0.05) is 6.92 Å². The van der Waals surface area contributed by atoms with Gasteiger partial charge in [-0.05, 0) is 38.3 Å². The molecule has 0 radical (unpaired) electrons. The molecule has 0 spiro atoms. The SMILES string of the molecule is CCCNC1(C#N)CCC(Sc2ccncn2)C1. The van der Waals surface area contributed by atoms with Gasteiger partial charge < -0.3 is 0 Å². The Bertz CT molecular complexity index is 417. The molecule has 2 atom stereocenters. The van der Waals surface area contributed by atoms with Gasteiger partial charge in [0.25, 0.3) is 0 Å². The van der Waals surface area contributed by atoms with Gasteiger partial charge in [-0.25, -0.2) is 9.97 Å². The van der Waals surface area contributed by atoms with Gasteiger partial charge in [-0.3, -0.25) is 5.32 Å². The number of aromatic nitrogens is 2. The molecule has 1 aliphatic carbocycles. The number of thioether (sulfide) groups is 1. The van der Waals surface area contributed by atoms with Crippen LogP contribution in [-0.2, 0) is 0 Å². The number of rotatable bonds is 5. The lowest BCUT2D eigenvalue weighted by Gasteiger charge is -2.22. The van der Waals surface area contributed by atoms with Crippen molar-refractivity contribution < 1.29 is 0 Å². The number of nitrogens with one attached hydrogen (secondary N) is 1. The maximum Gasteiger partial charge on any atom is 0.116 e. The molecule has 1 saturated carbocycles. The van der Waals surface area contributed by atoms with Crippen LogP contribution in [0.1, 0.15) is 32.6 Å². The van der Waals surface area contributed by atoms with Crippen molar-refractivity contribution >= 4 is 11.8 Å². The molecule has 0 bridgehead atoms. The average molecular weight is 262 g/mol. The number of hydrogen-bond acceptors (Lipinski definition) is 5. The van der Waals surface area contributed by atoms with E-state index in [0.29, 0.717) is 5.25 Å². The van der Waals surface area contributed by atoms with E-state index in [2.05, 4.69) is 28.3 Å². The van der Waals surface area contributed by atoms with Crippen LogP contribution in [0.25, 0.3) is 0 Å². The normalized spacial score (nSPS) is 27.0. The molecule has 2 rings (SSSR count). The highest BCUT2D eigenvalue weighted by Gasteiger charge is 2.39. The standard InChI is InChI=1S/C13H18N4S/c1-2-6-17-13(9-14)5-3-11(8-13)18-12-4-7-15-10-16-12/h4,7,10-11,17H,2-3,5-6,8H2,1H3. The largest absolute Gasteiger partial charge is 0.299 e. The van der Waals surface area contributed by atoms with Gasteiger partial charge in [-0.15, -0.1) is 11.8 Å². The molecule has 0 aromatic carbocycles. The Kier molecular flexibility index (Phi) is 4.56. The van der Waals surface area contributed by atoms with Gasteiger partial charge in [0.1, 0.15) is 11.9 Å². The Morgan fingerprint density at radius 3 is 3.22 bits per heavy atom. The lowest BCUT2D eigenvalue weighted by Crippen LogP contribution is -2.42.